The normalized spacial score (nSPS) is 11.1. The van der Waals surface area contributed by atoms with Crippen molar-refractivity contribution in [3.8, 4) is 0 Å². The smallest absolute Gasteiger partial charge is 0.254 e. The van der Waals surface area contributed by atoms with Crippen LogP contribution in [0.3, 0.4) is 0 Å². The van der Waals surface area contributed by atoms with Gasteiger partial charge >= 0.3 is 0 Å². The van der Waals surface area contributed by atoms with Crippen LogP contribution in [0.5, 0.6) is 0 Å². The number of amides is 2. The number of nitrogens with one attached hydrogen (secondary N) is 1. The van der Waals surface area contributed by atoms with E-state index in [-0.39, 0.29) is 23.9 Å². The molecule has 0 atom stereocenters. The second-order valence-corrected chi connectivity index (χ2v) is 6.55. The predicted octanol–water partition coefficient (Wildman–Crippen LogP) is 2.02. The quantitative estimate of drug-likeness (QED) is 0.826. The topological polar surface area (TPSA) is 75.4 Å². The number of nitrogens with zero attached hydrogens (tertiary/aromatic N) is 1. The molecule has 5 nitrogen and oxygen atoms in total. The molecule has 0 saturated carbocycles. The lowest BCUT2D eigenvalue weighted by atomic mass is 10.1. The van der Waals surface area contributed by atoms with E-state index in [1.165, 1.54) is 4.90 Å². The monoisotopic (exact) mass is 341 g/mol. The molecule has 0 unspecified atom stereocenters. The summed E-state index contributed by atoms with van der Waals surface area (Å²) < 4.78 is 0.663. The average Bonchev–Trinajstić information content (AvgIpc) is 2.29. The van der Waals surface area contributed by atoms with E-state index in [4.69, 9.17) is 5.73 Å². The highest BCUT2D eigenvalue weighted by molar-refractivity contribution is 9.10. The fourth-order valence-electron chi connectivity index (χ4n) is 1.63. The standard InChI is InChI=1S/C14H20BrN3O2/c1-14(2,3)17-12(19)8-18(4)13(20)9-5-6-11(16)10(15)7-9/h5-7H,8,16H2,1-4H3,(H,17,19). The maximum absolute atomic E-state index is 12.2. The number of nitrogens with two attached hydrogens (primary N) is 1. The first-order valence-electron chi connectivity index (χ1n) is 6.21. The van der Waals surface area contributed by atoms with Crippen molar-refractivity contribution in [3.05, 3.63) is 28.2 Å². The molecule has 0 aromatic heterocycles. The fraction of sp³-hybridized carbons (Fsp3) is 0.429. The highest BCUT2D eigenvalue weighted by atomic mass is 79.9. The van der Waals surface area contributed by atoms with E-state index in [1.807, 2.05) is 20.8 Å². The maximum Gasteiger partial charge on any atom is 0.254 e. The zero-order chi connectivity index (χ0) is 15.5. The van der Waals surface area contributed by atoms with Crippen LogP contribution in [0.4, 0.5) is 5.69 Å². The van der Waals surface area contributed by atoms with Crippen LogP contribution in [-0.2, 0) is 4.79 Å². The van der Waals surface area contributed by atoms with Crippen molar-refractivity contribution in [1.82, 2.24) is 10.2 Å². The Hall–Kier alpha value is -1.56. The Morgan fingerprint density at radius 1 is 1.35 bits per heavy atom. The Balaban J connectivity index is 2.72. The molecular weight excluding hydrogens is 322 g/mol. The van der Waals surface area contributed by atoms with E-state index in [0.717, 1.165) is 0 Å². The van der Waals surface area contributed by atoms with Gasteiger partial charge in [-0.3, -0.25) is 9.59 Å². The van der Waals surface area contributed by atoms with Crippen LogP contribution in [0.25, 0.3) is 0 Å². The van der Waals surface area contributed by atoms with Crippen LogP contribution in [-0.4, -0.2) is 35.8 Å². The average molecular weight is 342 g/mol. The van der Waals surface area contributed by atoms with Crippen LogP contribution in [0.2, 0.25) is 0 Å². The number of anilines is 1. The molecule has 6 heteroatoms. The molecule has 110 valence electrons. The van der Waals surface area contributed by atoms with Gasteiger partial charge in [0.05, 0.1) is 6.54 Å². The predicted molar refractivity (Wildman–Crippen MR) is 83.4 cm³/mol. The van der Waals surface area contributed by atoms with Gasteiger partial charge in [0.1, 0.15) is 0 Å². The van der Waals surface area contributed by atoms with Crippen molar-refractivity contribution in [2.24, 2.45) is 0 Å². The Morgan fingerprint density at radius 3 is 2.45 bits per heavy atom. The summed E-state index contributed by atoms with van der Waals surface area (Å²) in [4.78, 5) is 25.4. The van der Waals surface area contributed by atoms with Crippen LogP contribution in [0.1, 0.15) is 31.1 Å². The fourth-order valence-corrected chi connectivity index (χ4v) is 2.00. The molecule has 1 rings (SSSR count). The third-order valence-electron chi connectivity index (χ3n) is 2.49. The Kier molecular flexibility index (Phi) is 5.16. The van der Waals surface area contributed by atoms with E-state index >= 15 is 0 Å². The molecule has 0 spiro atoms. The van der Waals surface area contributed by atoms with Crippen molar-refractivity contribution in [2.45, 2.75) is 26.3 Å². The number of rotatable bonds is 3. The van der Waals surface area contributed by atoms with E-state index in [9.17, 15) is 9.59 Å². The molecule has 1 aromatic carbocycles. The second kappa shape index (κ2) is 6.26. The largest absolute Gasteiger partial charge is 0.398 e. The summed E-state index contributed by atoms with van der Waals surface area (Å²) in [5.41, 5.74) is 6.41. The molecule has 0 heterocycles. The summed E-state index contributed by atoms with van der Waals surface area (Å²) in [5, 5.41) is 2.81. The number of hydrogen-bond acceptors (Lipinski definition) is 3. The van der Waals surface area contributed by atoms with E-state index in [2.05, 4.69) is 21.2 Å². The third kappa shape index (κ3) is 4.85. The molecule has 0 aliphatic heterocycles. The summed E-state index contributed by atoms with van der Waals surface area (Å²) in [6.45, 7) is 5.69. The Bertz CT molecular complexity index is 524. The molecule has 0 aliphatic rings. The molecule has 20 heavy (non-hydrogen) atoms. The van der Waals surface area contributed by atoms with Gasteiger partial charge < -0.3 is 16.0 Å². The van der Waals surface area contributed by atoms with Gasteiger partial charge in [0.2, 0.25) is 5.91 Å². The SMILES string of the molecule is CN(CC(=O)NC(C)(C)C)C(=O)c1ccc(N)c(Br)c1. The van der Waals surface area contributed by atoms with Gasteiger partial charge in [-0.05, 0) is 54.9 Å². The molecule has 1 aromatic rings. The molecule has 0 radical (unpaired) electrons. The molecule has 3 N–H and O–H groups in total. The first-order valence-corrected chi connectivity index (χ1v) is 7.01. The zero-order valence-corrected chi connectivity index (χ0v) is 13.7. The van der Waals surface area contributed by atoms with Crippen molar-refractivity contribution in [3.63, 3.8) is 0 Å². The lowest BCUT2D eigenvalue weighted by Crippen LogP contribution is -2.46. The molecule has 0 bridgehead atoms. The number of likely N-dealkylation sites (N-methyl/N-ethyl adjacent to an activating group) is 1. The Labute approximate surface area is 127 Å². The maximum atomic E-state index is 12.2. The van der Waals surface area contributed by atoms with Crippen LogP contribution < -0.4 is 11.1 Å². The number of hydrogen-bond donors (Lipinski definition) is 2. The van der Waals surface area contributed by atoms with Gasteiger partial charge in [0.15, 0.2) is 0 Å². The summed E-state index contributed by atoms with van der Waals surface area (Å²) in [7, 11) is 1.59. The minimum absolute atomic E-state index is 0.0120. The molecular formula is C14H20BrN3O2. The molecule has 2 amide bonds. The van der Waals surface area contributed by atoms with E-state index < -0.39 is 0 Å². The summed E-state index contributed by atoms with van der Waals surface area (Å²) in [6, 6.07) is 4.94. The van der Waals surface area contributed by atoms with Crippen molar-refractivity contribution >= 4 is 33.4 Å². The molecule has 0 aliphatic carbocycles. The number of carbonyl (C=O) groups is 2. The lowest BCUT2D eigenvalue weighted by Gasteiger charge is -2.23. The number of halogens is 1. The van der Waals surface area contributed by atoms with Gasteiger partial charge in [0.25, 0.3) is 5.91 Å². The van der Waals surface area contributed by atoms with Gasteiger partial charge in [-0.1, -0.05) is 0 Å². The van der Waals surface area contributed by atoms with Crippen molar-refractivity contribution in [2.75, 3.05) is 19.3 Å². The first kappa shape index (κ1) is 16.5. The highest BCUT2D eigenvalue weighted by Crippen LogP contribution is 2.21. The molecule has 0 fully saturated rings. The number of nitrogen functional groups attached to an aromatic ring is 1. The van der Waals surface area contributed by atoms with Crippen LogP contribution in [0, 0.1) is 0 Å². The minimum Gasteiger partial charge on any atom is -0.398 e. The third-order valence-corrected chi connectivity index (χ3v) is 3.18. The van der Waals surface area contributed by atoms with Gasteiger partial charge in [-0.15, -0.1) is 0 Å². The van der Waals surface area contributed by atoms with Gasteiger partial charge in [-0.2, -0.15) is 0 Å². The zero-order valence-electron chi connectivity index (χ0n) is 12.2. The van der Waals surface area contributed by atoms with Crippen LogP contribution in [0.15, 0.2) is 22.7 Å². The van der Waals surface area contributed by atoms with Crippen molar-refractivity contribution < 1.29 is 9.59 Å². The van der Waals surface area contributed by atoms with Gasteiger partial charge in [0, 0.05) is 28.3 Å². The summed E-state index contributed by atoms with van der Waals surface area (Å²) in [5.74, 6) is -0.419. The highest BCUT2D eigenvalue weighted by Gasteiger charge is 2.19. The van der Waals surface area contributed by atoms with Gasteiger partial charge in [-0.25, -0.2) is 0 Å². The summed E-state index contributed by atoms with van der Waals surface area (Å²) in [6.07, 6.45) is 0. The molecule has 0 saturated heterocycles. The second-order valence-electron chi connectivity index (χ2n) is 5.70. The van der Waals surface area contributed by atoms with E-state index in [1.54, 1.807) is 25.2 Å². The number of benzene rings is 1. The van der Waals surface area contributed by atoms with Crippen LogP contribution >= 0.6 is 15.9 Å². The van der Waals surface area contributed by atoms with Crippen molar-refractivity contribution in [1.29, 1.82) is 0 Å². The lowest BCUT2D eigenvalue weighted by molar-refractivity contribution is -0.122. The first-order chi connectivity index (χ1) is 9.10. The minimum atomic E-state index is -0.314. The van der Waals surface area contributed by atoms with E-state index in [0.29, 0.717) is 15.7 Å². The number of carbonyl (C=O) groups excluding carboxylic acids is 2. The Morgan fingerprint density at radius 2 is 1.95 bits per heavy atom. The summed E-state index contributed by atoms with van der Waals surface area (Å²) >= 11 is 3.28.